The Kier molecular flexibility index (Phi) is 3.13. The lowest BCUT2D eigenvalue weighted by Crippen LogP contribution is -2.00. The van der Waals surface area contributed by atoms with Crippen LogP contribution in [0.5, 0.6) is 0 Å². The molecule has 0 unspecified atom stereocenters. The van der Waals surface area contributed by atoms with Gasteiger partial charge in [-0.3, -0.25) is 10.1 Å². The number of carboxylic acid groups (broad SMARTS) is 1. The molecule has 0 radical (unpaired) electrons. The minimum Gasteiger partial charge on any atom is -0.476 e. The van der Waals surface area contributed by atoms with Gasteiger partial charge in [0.25, 0.3) is 5.69 Å². The van der Waals surface area contributed by atoms with Gasteiger partial charge >= 0.3 is 5.97 Å². The topological polar surface area (TPSA) is 119 Å². The van der Waals surface area contributed by atoms with Crippen molar-refractivity contribution in [2.75, 3.05) is 5.73 Å². The lowest BCUT2D eigenvalue weighted by molar-refractivity contribution is -0.385. The molecule has 0 atom stereocenters. The number of rotatable bonds is 3. The van der Waals surface area contributed by atoms with Gasteiger partial charge in [-0.1, -0.05) is 11.3 Å². The Hall–Kier alpha value is -2.55. The minimum absolute atomic E-state index is 0.0468. The lowest BCUT2D eigenvalue weighted by Gasteiger charge is -1.97. The highest BCUT2D eigenvalue weighted by Crippen LogP contribution is 2.32. The van der Waals surface area contributed by atoms with Gasteiger partial charge in [-0.25, -0.2) is 14.2 Å². The quantitative estimate of drug-likeness (QED) is 0.657. The van der Waals surface area contributed by atoms with Crippen molar-refractivity contribution in [2.24, 2.45) is 0 Å². The number of thiazole rings is 1. The second-order valence-electron chi connectivity index (χ2n) is 3.49. The van der Waals surface area contributed by atoms with Gasteiger partial charge in [-0.2, -0.15) is 0 Å². The number of carbonyl (C=O) groups is 1. The van der Waals surface area contributed by atoms with Gasteiger partial charge in [0.15, 0.2) is 5.69 Å². The molecule has 19 heavy (non-hydrogen) atoms. The molecule has 1 aromatic carbocycles. The molecule has 2 aromatic rings. The molecule has 0 amide bonds. The summed E-state index contributed by atoms with van der Waals surface area (Å²) in [5, 5.41) is 19.5. The molecular weight excluding hydrogens is 277 g/mol. The second kappa shape index (κ2) is 4.61. The molecule has 0 aliphatic carbocycles. The van der Waals surface area contributed by atoms with Crippen LogP contribution in [0.2, 0.25) is 0 Å². The van der Waals surface area contributed by atoms with E-state index in [9.17, 15) is 19.3 Å². The first kappa shape index (κ1) is 12.9. The summed E-state index contributed by atoms with van der Waals surface area (Å²) in [6, 6.07) is 2.89. The number of aromatic carboxylic acids is 1. The van der Waals surface area contributed by atoms with Crippen LogP contribution in [0.3, 0.4) is 0 Å². The summed E-state index contributed by atoms with van der Waals surface area (Å²) in [6.07, 6.45) is 0. The fraction of sp³-hybridized carbons (Fsp3) is 0. The third-order valence-electron chi connectivity index (χ3n) is 2.20. The van der Waals surface area contributed by atoms with Crippen LogP contribution < -0.4 is 5.73 Å². The average molecular weight is 283 g/mol. The Labute approximate surface area is 109 Å². The van der Waals surface area contributed by atoms with Crippen LogP contribution in [-0.4, -0.2) is 21.0 Å². The number of aromatic nitrogens is 1. The summed E-state index contributed by atoms with van der Waals surface area (Å²) in [7, 11) is 0. The van der Waals surface area contributed by atoms with E-state index in [2.05, 4.69) is 4.98 Å². The fourth-order valence-corrected chi connectivity index (χ4v) is 2.22. The molecular formula is C10H6FN3O4S. The highest BCUT2D eigenvalue weighted by atomic mass is 32.1. The number of hydrogen-bond acceptors (Lipinski definition) is 6. The summed E-state index contributed by atoms with van der Waals surface area (Å²) < 4.78 is 13.3. The van der Waals surface area contributed by atoms with Crippen molar-refractivity contribution in [3.63, 3.8) is 0 Å². The van der Waals surface area contributed by atoms with Crippen molar-refractivity contribution >= 4 is 28.0 Å². The molecule has 7 nitrogen and oxygen atoms in total. The molecule has 0 aliphatic rings. The molecule has 0 fully saturated rings. The van der Waals surface area contributed by atoms with Crippen molar-refractivity contribution < 1.29 is 19.2 Å². The normalized spacial score (nSPS) is 10.4. The second-order valence-corrected chi connectivity index (χ2v) is 4.52. The Balaban J connectivity index is 2.55. The van der Waals surface area contributed by atoms with Crippen molar-refractivity contribution in [1.29, 1.82) is 0 Å². The molecule has 98 valence electrons. The van der Waals surface area contributed by atoms with E-state index < -0.39 is 22.4 Å². The van der Waals surface area contributed by atoms with E-state index in [1.165, 1.54) is 0 Å². The Bertz CT molecular complexity index is 685. The zero-order valence-corrected chi connectivity index (χ0v) is 9.98. The molecule has 0 saturated heterocycles. The summed E-state index contributed by atoms with van der Waals surface area (Å²) in [6.45, 7) is 0. The van der Waals surface area contributed by atoms with E-state index in [1.54, 1.807) is 0 Å². The number of non-ortho nitro benzene ring substituents is 1. The number of nitro benzene ring substituents is 1. The minimum atomic E-state index is -1.31. The number of hydrogen-bond donors (Lipinski definition) is 2. The predicted octanol–water partition coefficient (Wildman–Crippen LogP) is 2.14. The summed E-state index contributed by atoms with van der Waals surface area (Å²) in [5.74, 6) is -2.12. The lowest BCUT2D eigenvalue weighted by atomic mass is 10.2. The zero-order valence-electron chi connectivity index (χ0n) is 9.16. The Morgan fingerprint density at radius 2 is 2.16 bits per heavy atom. The number of carboxylic acids is 1. The first-order valence-electron chi connectivity index (χ1n) is 4.83. The van der Waals surface area contributed by atoms with Gasteiger partial charge in [0, 0.05) is 11.6 Å². The predicted molar refractivity (Wildman–Crippen MR) is 65.5 cm³/mol. The van der Waals surface area contributed by atoms with Crippen LogP contribution in [0, 0.1) is 15.9 Å². The van der Waals surface area contributed by atoms with Gasteiger partial charge in [-0.15, -0.1) is 0 Å². The van der Waals surface area contributed by atoms with Crippen molar-refractivity contribution in [3.05, 3.63) is 39.8 Å². The first-order valence-corrected chi connectivity index (χ1v) is 5.65. The Morgan fingerprint density at radius 3 is 2.68 bits per heavy atom. The number of nitrogen functional groups attached to an aromatic ring is 1. The van der Waals surface area contributed by atoms with E-state index >= 15 is 0 Å². The third-order valence-corrected chi connectivity index (χ3v) is 3.13. The smallest absolute Gasteiger partial charge is 0.357 e. The van der Waals surface area contributed by atoms with E-state index in [-0.39, 0.29) is 21.3 Å². The molecule has 0 aliphatic heterocycles. The highest BCUT2D eigenvalue weighted by Gasteiger charge is 2.18. The van der Waals surface area contributed by atoms with Gasteiger partial charge in [0.1, 0.15) is 15.8 Å². The number of nitro groups is 1. The monoisotopic (exact) mass is 283 g/mol. The Morgan fingerprint density at radius 1 is 1.47 bits per heavy atom. The van der Waals surface area contributed by atoms with E-state index in [0.717, 1.165) is 29.5 Å². The number of benzene rings is 1. The maximum absolute atomic E-state index is 13.3. The van der Waals surface area contributed by atoms with Crippen LogP contribution in [0.1, 0.15) is 10.5 Å². The molecule has 0 bridgehead atoms. The van der Waals surface area contributed by atoms with Crippen LogP contribution in [0.25, 0.3) is 10.6 Å². The largest absolute Gasteiger partial charge is 0.476 e. The standard InChI is InChI=1S/C10H6FN3O4S/c11-5-1-4(2-6(3-5)14(17)18)9-13-7(10(15)16)8(12)19-9/h1-3H,12H2,(H,15,16). The molecule has 2 rings (SSSR count). The van der Waals surface area contributed by atoms with Crippen LogP contribution in [0.15, 0.2) is 18.2 Å². The van der Waals surface area contributed by atoms with E-state index in [0.29, 0.717) is 0 Å². The highest BCUT2D eigenvalue weighted by molar-refractivity contribution is 7.19. The average Bonchev–Trinajstić information content (AvgIpc) is 2.70. The number of nitrogens with two attached hydrogens (primary N) is 1. The fourth-order valence-electron chi connectivity index (χ4n) is 1.41. The molecule has 0 saturated carbocycles. The third kappa shape index (κ3) is 2.50. The summed E-state index contributed by atoms with van der Waals surface area (Å²) in [5.41, 5.74) is 4.77. The molecule has 1 heterocycles. The maximum Gasteiger partial charge on any atom is 0.357 e. The van der Waals surface area contributed by atoms with Gasteiger partial charge in [0.2, 0.25) is 0 Å². The number of nitrogens with zero attached hydrogens (tertiary/aromatic N) is 2. The van der Waals surface area contributed by atoms with Crippen molar-refractivity contribution in [2.45, 2.75) is 0 Å². The first-order chi connectivity index (χ1) is 8.88. The maximum atomic E-state index is 13.3. The van der Waals surface area contributed by atoms with Gasteiger partial charge in [-0.05, 0) is 6.07 Å². The summed E-state index contributed by atoms with van der Waals surface area (Å²) in [4.78, 5) is 24.4. The zero-order chi connectivity index (χ0) is 14.2. The summed E-state index contributed by atoms with van der Waals surface area (Å²) >= 11 is 0.821. The van der Waals surface area contributed by atoms with E-state index in [4.69, 9.17) is 10.8 Å². The SMILES string of the molecule is Nc1sc(-c2cc(F)cc([N+](=O)[O-])c2)nc1C(=O)O. The van der Waals surface area contributed by atoms with Crippen LogP contribution in [0.4, 0.5) is 15.1 Å². The molecule has 0 spiro atoms. The number of anilines is 1. The van der Waals surface area contributed by atoms with E-state index in [1.807, 2.05) is 0 Å². The van der Waals surface area contributed by atoms with Crippen LogP contribution >= 0.6 is 11.3 Å². The van der Waals surface area contributed by atoms with Crippen molar-refractivity contribution in [3.8, 4) is 10.6 Å². The number of halogens is 1. The van der Waals surface area contributed by atoms with Crippen LogP contribution in [-0.2, 0) is 0 Å². The molecule has 1 aromatic heterocycles. The van der Waals surface area contributed by atoms with Gasteiger partial charge < -0.3 is 10.8 Å². The van der Waals surface area contributed by atoms with Crippen molar-refractivity contribution in [1.82, 2.24) is 4.98 Å². The molecule has 3 N–H and O–H groups in total. The molecule has 9 heteroatoms. The van der Waals surface area contributed by atoms with Gasteiger partial charge in [0.05, 0.1) is 11.0 Å².